The van der Waals surface area contributed by atoms with Crippen LogP contribution in [-0.2, 0) is 0 Å². The molecular weight excluding hydrogens is 292 g/mol. The lowest BCUT2D eigenvalue weighted by Crippen LogP contribution is -2.62. The van der Waals surface area contributed by atoms with E-state index in [2.05, 4.69) is 0 Å². The number of nitrogens with zero attached hydrogens (tertiary/aromatic N) is 2. The van der Waals surface area contributed by atoms with Crippen LogP contribution >= 0.6 is 0 Å². The van der Waals surface area contributed by atoms with Gasteiger partial charge in [0.2, 0.25) is 0 Å². The second-order valence-electron chi connectivity index (χ2n) is 5.71. The number of Topliss-reactive ketones (excluding diaryl/α,β-unsaturated/α-hetero) is 1. The van der Waals surface area contributed by atoms with Gasteiger partial charge in [-0.15, -0.1) is 0 Å². The Morgan fingerprint density at radius 1 is 1.00 bits per heavy atom. The third kappa shape index (κ3) is 2.59. The Hall–Kier alpha value is -2.69. The van der Waals surface area contributed by atoms with Gasteiger partial charge >= 0.3 is 5.66 Å². The van der Waals surface area contributed by atoms with Crippen LogP contribution in [0.25, 0.3) is 0 Å². The van der Waals surface area contributed by atoms with Crippen molar-refractivity contribution >= 4 is 11.5 Å². The summed E-state index contributed by atoms with van der Waals surface area (Å²) in [6.07, 6.45) is 1.73. The highest BCUT2D eigenvalue weighted by Gasteiger charge is 2.57. The Balaban J connectivity index is 2.10. The van der Waals surface area contributed by atoms with Crippen LogP contribution in [0.1, 0.15) is 29.6 Å². The molecule has 2 aromatic carbocycles. The van der Waals surface area contributed by atoms with Crippen molar-refractivity contribution in [2.24, 2.45) is 0 Å². The molecule has 118 valence electrons. The van der Waals surface area contributed by atoms with E-state index in [1.807, 2.05) is 30.3 Å². The van der Waals surface area contributed by atoms with Crippen molar-refractivity contribution in [3.05, 3.63) is 76.3 Å². The molecule has 0 aliphatic carbocycles. The summed E-state index contributed by atoms with van der Waals surface area (Å²) in [6.45, 7) is 0.504. The summed E-state index contributed by atoms with van der Waals surface area (Å²) in [5.41, 5.74) is -0.624. The van der Waals surface area contributed by atoms with Crippen LogP contribution in [0.4, 0.5) is 5.69 Å². The van der Waals surface area contributed by atoms with E-state index in [1.165, 1.54) is 0 Å². The highest BCUT2D eigenvalue weighted by molar-refractivity contribution is 6.04. The molecular formula is C18H18N2O3. The Kier molecular flexibility index (Phi) is 4.10. The Morgan fingerprint density at radius 3 is 2.22 bits per heavy atom. The van der Waals surface area contributed by atoms with Gasteiger partial charge in [0.1, 0.15) is 0 Å². The third-order valence-corrected chi connectivity index (χ3v) is 4.37. The Bertz CT molecular complexity index is 703. The number of hydrogen-bond donors (Lipinski definition) is 0. The van der Waals surface area contributed by atoms with Crippen LogP contribution in [-0.4, -0.2) is 22.9 Å². The molecule has 0 bridgehead atoms. The maximum Gasteiger partial charge on any atom is 0.359 e. The van der Waals surface area contributed by atoms with Crippen LogP contribution in [0.5, 0.6) is 0 Å². The largest absolute Gasteiger partial charge is 0.359 e. The fourth-order valence-corrected chi connectivity index (χ4v) is 3.24. The normalized spacial score (nSPS) is 21.0. The number of carbonyl (C=O) groups is 1. The minimum absolute atomic E-state index is 0.225. The Morgan fingerprint density at radius 2 is 1.61 bits per heavy atom. The molecule has 5 heteroatoms. The average Bonchev–Trinajstić information content (AvgIpc) is 2.62. The van der Waals surface area contributed by atoms with E-state index >= 15 is 0 Å². The fraction of sp³-hybridized carbons (Fsp3) is 0.278. The van der Waals surface area contributed by atoms with E-state index in [4.69, 9.17) is 0 Å². The molecule has 0 radical (unpaired) electrons. The molecule has 0 aromatic heterocycles. The van der Waals surface area contributed by atoms with Gasteiger partial charge in [-0.2, -0.15) is 0 Å². The predicted octanol–water partition coefficient (Wildman–Crippen LogP) is 3.53. The summed E-state index contributed by atoms with van der Waals surface area (Å²) < 4.78 is 0. The summed E-state index contributed by atoms with van der Waals surface area (Å²) in [7, 11) is 0. The molecule has 0 amide bonds. The van der Waals surface area contributed by atoms with Gasteiger partial charge in [0.25, 0.3) is 5.78 Å². The number of carbonyl (C=O) groups excluding carboxylic acids is 1. The van der Waals surface area contributed by atoms with Gasteiger partial charge < -0.3 is 4.90 Å². The lowest BCUT2D eigenvalue weighted by molar-refractivity contribution is -0.551. The zero-order valence-electron chi connectivity index (χ0n) is 12.7. The summed E-state index contributed by atoms with van der Waals surface area (Å²) in [5, 5.41) is 12.0. The minimum Gasteiger partial charge on any atom is -0.301 e. The predicted molar refractivity (Wildman–Crippen MR) is 88.1 cm³/mol. The van der Waals surface area contributed by atoms with Crippen molar-refractivity contribution in [2.75, 3.05) is 11.4 Å². The number of anilines is 1. The molecule has 1 aliphatic heterocycles. The number of piperidine rings is 1. The quantitative estimate of drug-likeness (QED) is 0.492. The molecule has 5 nitrogen and oxygen atoms in total. The molecule has 1 fully saturated rings. The number of ketones is 1. The van der Waals surface area contributed by atoms with Gasteiger partial charge in [-0.1, -0.05) is 48.5 Å². The second-order valence-corrected chi connectivity index (χ2v) is 5.71. The molecule has 1 aliphatic rings. The SMILES string of the molecule is O=C(c1ccccc1)C1([N+](=O)[O-])CCCCN1c1ccccc1. The summed E-state index contributed by atoms with van der Waals surface area (Å²) in [5.74, 6) is -0.438. The van der Waals surface area contributed by atoms with E-state index in [-0.39, 0.29) is 6.42 Å². The van der Waals surface area contributed by atoms with Crippen LogP contribution in [0.2, 0.25) is 0 Å². The van der Waals surface area contributed by atoms with Gasteiger partial charge in [-0.25, -0.2) is 0 Å². The van der Waals surface area contributed by atoms with E-state index in [9.17, 15) is 14.9 Å². The van der Waals surface area contributed by atoms with E-state index in [0.717, 1.165) is 6.42 Å². The number of para-hydroxylation sites is 1. The molecule has 2 aromatic rings. The van der Waals surface area contributed by atoms with Gasteiger partial charge in [-0.3, -0.25) is 14.9 Å². The van der Waals surface area contributed by atoms with Crippen LogP contribution in [0.15, 0.2) is 60.7 Å². The first kappa shape index (κ1) is 15.2. The zero-order chi connectivity index (χ0) is 16.3. The smallest absolute Gasteiger partial charge is 0.301 e. The van der Waals surface area contributed by atoms with Crippen molar-refractivity contribution in [3.63, 3.8) is 0 Å². The number of benzene rings is 2. The van der Waals surface area contributed by atoms with Crippen molar-refractivity contribution in [1.29, 1.82) is 0 Å². The van der Waals surface area contributed by atoms with Crippen molar-refractivity contribution in [2.45, 2.75) is 24.9 Å². The first-order valence-corrected chi connectivity index (χ1v) is 7.73. The van der Waals surface area contributed by atoms with Crippen LogP contribution in [0.3, 0.4) is 0 Å². The monoisotopic (exact) mass is 310 g/mol. The lowest BCUT2D eigenvalue weighted by Gasteiger charge is -2.40. The molecule has 0 spiro atoms. The van der Waals surface area contributed by atoms with Gasteiger partial charge in [0.05, 0.1) is 4.92 Å². The van der Waals surface area contributed by atoms with E-state index in [1.54, 1.807) is 35.2 Å². The first-order chi connectivity index (χ1) is 11.2. The number of hydrogen-bond acceptors (Lipinski definition) is 4. The average molecular weight is 310 g/mol. The molecule has 1 saturated heterocycles. The molecule has 1 atom stereocenters. The Labute approximate surface area is 134 Å². The molecule has 0 saturated carbocycles. The lowest BCUT2D eigenvalue weighted by atomic mass is 9.87. The van der Waals surface area contributed by atoms with Gasteiger partial charge in [-0.05, 0) is 25.0 Å². The summed E-state index contributed by atoms with van der Waals surface area (Å²) >= 11 is 0. The minimum atomic E-state index is -1.72. The molecule has 1 heterocycles. The highest BCUT2D eigenvalue weighted by atomic mass is 16.6. The topological polar surface area (TPSA) is 63.4 Å². The summed E-state index contributed by atoms with van der Waals surface area (Å²) in [6, 6.07) is 17.7. The van der Waals surface area contributed by atoms with Gasteiger partial charge in [0, 0.05) is 24.2 Å². The third-order valence-electron chi connectivity index (χ3n) is 4.37. The standard InChI is InChI=1S/C18H18N2O3/c21-17(15-9-3-1-4-10-15)18(20(22)23)13-7-8-14-19(18)16-11-5-2-6-12-16/h1-6,9-12H,7-8,13-14H2. The second kappa shape index (κ2) is 6.20. The first-order valence-electron chi connectivity index (χ1n) is 7.73. The fourth-order valence-electron chi connectivity index (χ4n) is 3.24. The summed E-state index contributed by atoms with van der Waals surface area (Å²) in [4.78, 5) is 26.3. The number of rotatable bonds is 4. The van der Waals surface area contributed by atoms with Crippen LogP contribution in [0, 0.1) is 10.1 Å². The maximum atomic E-state index is 13.1. The van der Waals surface area contributed by atoms with Crippen molar-refractivity contribution in [3.8, 4) is 0 Å². The van der Waals surface area contributed by atoms with E-state index in [0.29, 0.717) is 24.2 Å². The highest BCUT2D eigenvalue weighted by Crippen LogP contribution is 2.36. The zero-order valence-corrected chi connectivity index (χ0v) is 12.7. The molecule has 3 rings (SSSR count). The van der Waals surface area contributed by atoms with Crippen LogP contribution < -0.4 is 4.90 Å². The van der Waals surface area contributed by atoms with E-state index < -0.39 is 16.4 Å². The van der Waals surface area contributed by atoms with Crippen molar-refractivity contribution in [1.82, 2.24) is 0 Å². The number of nitro groups is 1. The molecule has 0 N–H and O–H groups in total. The molecule has 1 unspecified atom stereocenters. The van der Waals surface area contributed by atoms with Gasteiger partial charge in [0.15, 0.2) is 0 Å². The molecule has 23 heavy (non-hydrogen) atoms. The maximum absolute atomic E-state index is 13.1. The van der Waals surface area contributed by atoms with Crippen molar-refractivity contribution < 1.29 is 9.72 Å².